The summed E-state index contributed by atoms with van der Waals surface area (Å²) in [6.07, 6.45) is 1.87. The molecule has 1 aromatic rings. The third kappa shape index (κ3) is 3.13. The summed E-state index contributed by atoms with van der Waals surface area (Å²) in [5.74, 6) is 0.873. The minimum absolute atomic E-state index is 0.00930. The molecule has 0 saturated carbocycles. The van der Waals surface area contributed by atoms with Crippen LogP contribution < -0.4 is 10.5 Å². The molecule has 1 aromatic carbocycles. The van der Waals surface area contributed by atoms with Gasteiger partial charge in [-0.15, -0.1) is 0 Å². The van der Waals surface area contributed by atoms with Crippen LogP contribution in [0.5, 0.6) is 5.75 Å². The lowest BCUT2D eigenvalue weighted by Gasteiger charge is -2.17. The highest BCUT2D eigenvalue weighted by Gasteiger charge is 2.13. The van der Waals surface area contributed by atoms with E-state index in [1.54, 1.807) is 0 Å². The molecule has 1 atom stereocenters. The minimum Gasteiger partial charge on any atom is -0.493 e. The van der Waals surface area contributed by atoms with Gasteiger partial charge in [0.2, 0.25) is 0 Å². The van der Waals surface area contributed by atoms with Crippen LogP contribution in [0.15, 0.2) is 12.1 Å². The molecule has 0 aliphatic heterocycles. The lowest BCUT2D eigenvalue weighted by Crippen LogP contribution is -2.11. The van der Waals surface area contributed by atoms with Crippen molar-refractivity contribution in [3.63, 3.8) is 0 Å². The molecular formula is C13H20ClNO. The van der Waals surface area contributed by atoms with Crippen molar-refractivity contribution >= 4 is 11.6 Å². The van der Waals surface area contributed by atoms with Gasteiger partial charge >= 0.3 is 0 Å². The zero-order valence-corrected chi connectivity index (χ0v) is 11.0. The Kier molecular flexibility index (Phi) is 5.10. The summed E-state index contributed by atoms with van der Waals surface area (Å²) in [6, 6.07) is 3.89. The summed E-state index contributed by atoms with van der Waals surface area (Å²) in [5.41, 5.74) is 8.08. The molecule has 1 rings (SSSR count). The molecule has 2 nitrogen and oxygen atoms in total. The van der Waals surface area contributed by atoms with Crippen LogP contribution in [0.1, 0.15) is 43.9 Å². The van der Waals surface area contributed by atoms with E-state index in [0.717, 1.165) is 34.7 Å². The maximum absolute atomic E-state index is 6.11. The first-order valence-electron chi connectivity index (χ1n) is 5.78. The topological polar surface area (TPSA) is 35.2 Å². The first-order valence-corrected chi connectivity index (χ1v) is 6.16. The highest BCUT2D eigenvalue weighted by molar-refractivity contribution is 6.31. The maximum Gasteiger partial charge on any atom is 0.124 e. The Hall–Kier alpha value is -0.730. The number of halogens is 1. The fourth-order valence-corrected chi connectivity index (χ4v) is 1.69. The second-order valence-corrected chi connectivity index (χ2v) is 4.41. The predicted molar refractivity (Wildman–Crippen MR) is 69.2 cm³/mol. The molecule has 0 aliphatic rings. The zero-order valence-electron chi connectivity index (χ0n) is 10.2. The van der Waals surface area contributed by atoms with E-state index in [4.69, 9.17) is 22.1 Å². The third-order valence-corrected chi connectivity index (χ3v) is 3.00. The molecule has 1 unspecified atom stereocenters. The standard InChI is InChI=1S/C13H20ClNO/c1-4-6-16-13-7-9(3)11(14)8-10(13)12(15)5-2/h7-8,12H,4-6,15H2,1-3H3. The molecule has 0 spiro atoms. The van der Waals surface area contributed by atoms with Gasteiger partial charge in [0, 0.05) is 16.6 Å². The molecule has 0 bridgehead atoms. The van der Waals surface area contributed by atoms with Gasteiger partial charge < -0.3 is 10.5 Å². The molecular weight excluding hydrogens is 222 g/mol. The van der Waals surface area contributed by atoms with Gasteiger partial charge in [-0.3, -0.25) is 0 Å². The number of ether oxygens (including phenoxy) is 1. The molecule has 90 valence electrons. The first-order chi connectivity index (χ1) is 7.60. The van der Waals surface area contributed by atoms with Crippen molar-refractivity contribution in [2.75, 3.05) is 6.61 Å². The zero-order chi connectivity index (χ0) is 12.1. The molecule has 16 heavy (non-hydrogen) atoms. The summed E-state index contributed by atoms with van der Waals surface area (Å²) in [4.78, 5) is 0. The molecule has 0 aliphatic carbocycles. The molecule has 2 N–H and O–H groups in total. The van der Waals surface area contributed by atoms with E-state index in [1.165, 1.54) is 0 Å². The number of hydrogen-bond donors (Lipinski definition) is 1. The third-order valence-electron chi connectivity index (χ3n) is 2.59. The SMILES string of the molecule is CCCOc1cc(C)c(Cl)cc1C(N)CC. The smallest absolute Gasteiger partial charge is 0.124 e. The van der Waals surface area contributed by atoms with E-state index in [0.29, 0.717) is 6.61 Å². The van der Waals surface area contributed by atoms with Crippen LogP contribution in [0.4, 0.5) is 0 Å². The maximum atomic E-state index is 6.11. The van der Waals surface area contributed by atoms with Crippen LogP contribution in [0.25, 0.3) is 0 Å². The summed E-state index contributed by atoms with van der Waals surface area (Å²) >= 11 is 6.11. The largest absolute Gasteiger partial charge is 0.493 e. The molecule has 0 fully saturated rings. The number of nitrogens with two attached hydrogens (primary N) is 1. The molecule has 0 radical (unpaired) electrons. The summed E-state index contributed by atoms with van der Waals surface area (Å²) in [6.45, 7) is 6.83. The molecule has 0 aromatic heterocycles. The van der Waals surface area contributed by atoms with Crippen LogP contribution in [0, 0.1) is 6.92 Å². The van der Waals surface area contributed by atoms with Crippen molar-refractivity contribution < 1.29 is 4.74 Å². The van der Waals surface area contributed by atoms with E-state index in [1.807, 2.05) is 19.1 Å². The average Bonchev–Trinajstić information content (AvgIpc) is 2.29. The molecule has 0 amide bonds. The van der Waals surface area contributed by atoms with Crippen LogP contribution in [-0.2, 0) is 0 Å². The second-order valence-electron chi connectivity index (χ2n) is 4.00. The fourth-order valence-electron chi connectivity index (χ4n) is 1.52. The van der Waals surface area contributed by atoms with Gasteiger partial charge in [-0.05, 0) is 37.5 Å². The lowest BCUT2D eigenvalue weighted by molar-refractivity contribution is 0.311. The second kappa shape index (κ2) is 6.12. The Morgan fingerprint density at radius 1 is 1.38 bits per heavy atom. The van der Waals surface area contributed by atoms with E-state index >= 15 is 0 Å². The molecule has 0 heterocycles. The molecule has 3 heteroatoms. The number of hydrogen-bond acceptors (Lipinski definition) is 2. The first kappa shape index (κ1) is 13.3. The van der Waals surface area contributed by atoms with Crippen LogP contribution in [-0.4, -0.2) is 6.61 Å². The van der Waals surface area contributed by atoms with Crippen molar-refractivity contribution in [1.82, 2.24) is 0 Å². The lowest BCUT2D eigenvalue weighted by atomic mass is 10.0. The minimum atomic E-state index is -0.00930. The van der Waals surface area contributed by atoms with E-state index in [-0.39, 0.29) is 6.04 Å². The van der Waals surface area contributed by atoms with Crippen molar-refractivity contribution in [3.05, 3.63) is 28.3 Å². The average molecular weight is 242 g/mol. The van der Waals surface area contributed by atoms with E-state index in [2.05, 4.69) is 13.8 Å². The Bertz CT molecular complexity index is 352. The van der Waals surface area contributed by atoms with Crippen molar-refractivity contribution in [2.45, 2.75) is 39.7 Å². The Morgan fingerprint density at radius 3 is 2.62 bits per heavy atom. The normalized spacial score (nSPS) is 12.6. The van der Waals surface area contributed by atoms with Gasteiger partial charge in [0.25, 0.3) is 0 Å². The van der Waals surface area contributed by atoms with Gasteiger partial charge in [-0.25, -0.2) is 0 Å². The summed E-state index contributed by atoms with van der Waals surface area (Å²) in [7, 11) is 0. The highest BCUT2D eigenvalue weighted by atomic mass is 35.5. The number of rotatable bonds is 5. The quantitative estimate of drug-likeness (QED) is 0.850. The molecule has 0 saturated heterocycles. The van der Waals surface area contributed by atoms with E-state index < -0.39 is 0 Å². The van der Waals surface area contributed by atoms with Gasteiger partial charge in [-0.2, -0.15) is 0 Å². The van der Waals surface area contributed by atoms with Gasteiger partial charge in [0.05, 0.1) is 6.61 Å². The fraction of sp³-hybridized carbons (Fsp3) is 0.538. The van der Waals surface area contributed by atoms with Gasteiger partial charge in [-0.1, -0.05) is 25.4 Å². The number of aryl methyl sites for hydroxylation is 1. The number of benzene rings is 1. The highest BCUT2D eigenvalue weighted by Crippen LogP contribution is 2.31. The van der Waals surface area contributed by atoms with Crippen molar-refractivity contribution in [1.29, 1.82) is 0 Å². The van der Waals surface area contributed by atoms with Crippen LogP contribution in [0.2, 0.25) is 5.02 Å². The van der Waals surface area contributed by atoms with E-state index in [9.17, 15) is 0 Å². The summed E-state index contributed by atoms with van der Waals surface area (Å²) in [5, 5.41) is 0.753. The Labute approximate surface area is 103 Å². The van der Waals surface area contributed by atoms with Crippen LogP contribution in [0.3, 0.4) is 0 Å². The predicted octanol–water partition coefficient (Wildman–Crippen LogP) is 3.85. The van der Waals surface area contributed by atoms with Gasteiger partial charge in [0.15, 0.2) is 0 Å². The monoisotopic (exact) mass is 241 g/mol. The van der Waals surface area contributed by atoms with Crippen LogP contribution >= 0.6 is 11.6 Å². The van der Waals surface area contributed by atoms with Gasteiger partial charge in [0.1, 0.15) is 5.75 Å². The Balaban J connectivity index is 3.06. The van der Waals surface area contributed by atoms with Crippen molar-refractivity contribution in [3.8, 4) is 5.75 Å². The Morgan fingerprint density at radius 2 is 2.06 bits per heavy atom. The summed E-state index contributed by atoms with van der Waals surface area (Å²) < 4.78 is 5.71. The van der Waals surface area contributed by atoms with Crippen molar-refractivity contribution in [2.24, 2.45) is 5.73 Å².